The predicted octanol–water partition coefficient (Wildman–Crippen LogP) is 0.655. The van der Waals surface area contributed by atoms with E-state index in [2.05, 4.69) is 5.32 Å². The second kappa shape index (κ2) is 7.91. The lowest BCUT2D eigenvalue weighted by Gasteiger charge is -2.32. The molecule has 1 rings (SSSR count). The van der Waals surface area contributed by atoms with E-state index < -0.39 is 0 Å². The van der Waals surface area contributed by atoms with Gasteiger partial charge in [0.2, 0.25) is 5.91 Å². The van der Waals surface area contributed by atoms with Crippen molar-refractivity contribution in [3.63, 3.8) is 0 Å². The van der Waals surface area contributed by atoms with Gasteiger partial charge >= 0.3 is 0 Å². The van der Waals surface area contributed by atoms with Crippen LogP contribution in [0.4, 0.5) is 0 Å². The Hall–Kier alpha value is -0.320. The summed E-state index contributed by atoms with van der Waals surface area (Å²) in [5, 5.41) is 3.21. The number of carbonyl (C=O) groups is 1. The van der Waals surface area contributed by atoms with E-state index in [1.807, 2.05) is 18.9 Å². The molecule has 1 amide bonds. The summed E-state index contributed by atoms with van der Waals surface area (Å²) in [5.41, 5.74) is 0. The molecule has 1 heterocycles. The Bertz CT molecular complexity index is 190. The molecule has 0 aromatic heterocycles. The van der Waals surface area contributed by atoms with E-state index in [0.717, 1.165) is 25.9 Å². The van der Waals surface area contributed by atoms with Crippen LogP contribution in [0, 0.1) is 0 Å². The molecule has 0 spiro atoms. The van der Waals surface area contributed by atoms with Crippen molar-refractivity contribution in [3.8, 4) is 0 Å². The topological polar surface area (TPSA) is 41.6 Å². The number of amides is 1. The second-order valence-electron chi connectivity index (χ2n) is 3.60. The summed E-state index contributed by atoms with van der Waals surface area (Å²) >= 11 is 0. The molecule has 1 fully saturated rings. The third-order valence-corrected chi connectivity index (χ3v) is 2.61. The first-order valence-corrected chi connectivity index (χ1v) is 5.30. The Morgan fingerprint density at radius 3 is 2.93 bits per heavy atom. The van der Waals surface area contributed by atoms with Crippen molar-refractivity contribution in [1.29, 1.82) is 0 Å². The number of likely N-dealkylation sites (tertiary alicyclic amines) is 1. The fourth-order valence-electron chi connectivity index (χ4n) is 1.72. The fourth-order valence-corrected chi connectivity index (χ4v) is 1.72. The molecule has 0 radical (unpaired) electrons. The number of piperidine rings is 1. The van der Waals surface area contributed by atoms with Crippen LogP contribution in [0.2, 0.25) is 0 Å². The van der Waals surface area contributed by atoms with Gasteiger partial charge in [-0.25, -0.2) is 0 Å². The summed E-state index contributed by atoms with van der Waals surface area (Å²) < 4.78 is 5.11. The highest BCUT2D eigenvalue weighted by atomic mass is 35.5. The van der Waals surface area contributed by atoms with Gasteiger partial charge < -0.3 is 15.0 Å². The third-order valence-electron chi connectivity index (χ3n) is 2.61. The number of rotatable bonds is 4. The average molecular weight is 237 g/mol. The molecule has 15 heavy (non-hydrogen) atoms. The van der Waals surface area contributed by atoms with E-state index in [1.54, 1.807) is 0 Å². The van der Waals surface area contributed by atoms with Crippen LogP contribution in [-0.2, 0) is 9.53 Å². The lowest BCUT2D eigenvalue weighted by atomic mass is 10.1. The van der Waals surface area contributed by atoms with Crippen molar-refractivity contribution in [2.24, 2.45) is 0 Å². The van der Waals surface area contributed by atoms with Crippen molar-refractivity contribution in [2.45, 2.75) is 25.8 Å². The van der Waals surface area contributed by atoms with E-state index >= 15 is 0 Å². The highest BCUT2D eigenvalue weighted by Crippen LogP contribution is 2.09. The van der Waals surface area contributed by atoms with Crippen LogP contribution in [0.3, 0.4) is 0 Å². The number of nitrogens with one attached hydrogen (secondary N) is 1. The minimum absolute atomic E-state index is 0. The summed E-state index contributed by atoms with van der Waals surface area (Å²) in [4.78, 5) is 13.5. The molecule has 1 atom stereocenters. The number of halogens is 1. The first-order valence-electron chi connectivity index (χ1n) is 5.30. The largest absolute Gasteiger partial charge is 0.372 e. The summed E-state index contributed by atoms with van der Waals surface area (Å²) in [5.74, 6) is 0.117. The Morgan fingerprint density at radius 2 is 2.33 bits per heavy atom. The van der Waals surface area contributed by atoms with Crippen LogP contribution < -0.4 is 5.32 Å². The van der Waals surface area contributed by atoms with Crippen LogP contribution in [-0.4, -0.2) is 50.2 Å². The van der Waals surface area contributed by atoms with Crippen LogP contribution in [0.5, 0.6) is 0 Å². The molecule has 1 aliphatic rings. The maximum Gasteiger partial charge on any atom is 0.248 e. The SMILES string of the molecule is CCOCC(=O)N1CCCC(NC)C1.Cl. The Labute approximate surface area is 97.8 Å². The number of hydrogen-bond acceptors (Lipinski definition) is 3. The van der Waals surface area contributed by atoms with E-state index in [1.165, 1.54) is 0 Å². The van der Waals surface area contributed by atoms with Crippen molar-refractivity contribution >= 4 is 18.3 Å². The minimum atomic E-state index is 0. The Kier molecular flexibility index (Phi) is 7.74. The molecule has 90 valence electrons. The molecule has 0 saturated carbocycles. The van der Waals surface area contributed by atoms with Crippen LogP contribution >= 0.6 is 12.4 Å². The van der Waals surface area contributed by atoms with E-state index in [0.29, 0.717) is 12.6 Å². The summed E-state index contributed by atoms with van der Waals surface area (Å²) in [6.07, 6.45) is 2.25. The molecule has 0 aromatic rings. The normalized spacial score (nSPS) is 20.9. The monoisotopic (exact) mass is 236 g/mol. The number of ether oxygens (including phenoxy) is 1. The zero-order valence-corrected chi connectivity index (χ0v) is 10.3. The smallest absolute Gasteiger partial charge is 0.248 e. The number of likely N-dealkylation sites (N-methyl/N-ethyl adjacent to an activating group) is 1. The van der Waals surface area contributed by atoms with Crippen LogP contribution in [0.15, 0.2) is 0 Å². The van der Waals surface area contributed by atoms with E-state index in [-0.39, 0.29) is 24.9 Å². The first kappa shape index (κ1) is 14.7. The highest BCUT2D eigenvalue weighted by molar-refractivity contribution is 5.85. The fraction of sp³-hybridized carbons (Fsp3) is 0.900. The van der Waals surface area contributed by atoms with E-state index in [4.69, 9.17) is 4.74 Å². The van der Waals surface area contributed by atoms with Gasteiger partial charge in [0.1, 0.15) is 6.61 Å². The maximum absolute atomic E-state index is 11.6. The molecule has 0 bridgehead atoms. The standard InChI is InChI=1S/C10H20N2O2.ClH/c1-3-14-8-10(13)12-6-4-5-9(7-12)11-2;/h9,11H,3-8H2,1-2H3;1H. The molecular formula is C10H21ClN2O2. The molecule has 1 unspecified atom stereocenters. The average Bonchev–Trinajstić information content (AvgIpc) is 2.26. The Morgan fingerprint density at radius 1 is 1.60 bits per heavy atom. The molecule has 0 aromatic carbocycles. The molecule has 1 aliphatic heterocycles. The number of nitrogens with zero attached hydrogens (tertiary/aromatic N) is 1. The summed E-state index contributed by atoms with van der Waals surface area (Å²) in [6.45, 7) is 4.44. The van der Waals surface area contributed by atoms with Crippen LogP contribution in [0.1, 0.15) is 19.8 Å². The zero-order valence-electron chi connectivity index (χ0n) is 9.49. The van der Waals surface area contributed by atoms with Crippen LogP contribution in [0.25, 0.3) is 0 Å². The molecule has 1 N–H and O–H groups in total. The molecular weight excluding hydrogens is 216 g/mol. The minimum Gasteiger partial charge on any atom is -0.372 e. The van der Waals surface area contributed by atoms with Gasteiger partial charge in [0.15, 0.2) is 0 Å². The summed E-state index contributed by atoms with van der Waals surface area (Å²) in [6, 6.07) is 0.453. The van der Waals surface area contributed by atoms with Crippen molar-refractivity contribution < 1.29 is 9.53 Å². The molecule has 1 saturated heterocycles. The maximum atomic E-state index is 11.6. The lowest BCUT2D eigenvalue weighted by molar-refractivity contribution is -0.137. The van der Waals surface area contributed by atoms with Crippen molar-refractivity contribution in [3.05, 3.63) is 0 Å². The van der Waals surface area contributed by atoms with Crippen molar-refractivity contribution in [1.82, 2.24) is 10.2 Å². The van der Waals surface area contributed by atoms with Crippen molar-refractivity contribution in [2.75, 3.05) is 33.4 Å². The number of hydrogen-bond donors (Lipinski definition) is 1. The van der Waals surface area contributed by atoms with Gasteiger partial charge in [-0.2, -0.15) is 0 Å². The second-order valence-corrected chi connectivity index (χ2v) is 3.60. The molecule has 4 nitrogen and oxygen atoms in total. The van der Waals surface area contributed by atoms with Gasteiger partial charge in [-0.3, -0.25) is 4.79 Å². The van der Waals surface area contributed by atoms with Gasteiger partial charge in [-0.05, 0) is 26.8 Å². The number of carbonyl (C=O) groups excluding carboxylic acids is 1. The zero-order chi connectivity index (χ0) is 10.4. The van der Waals surface area contributed by atoms with Gasteiger partial charge in [0.25, 0.3) is 0 Å². The summed E-state index contributed by atoms with van der Waals surface area (Å²) in [7, 11) is 1.95. The third kappa shape index (κ3) is 4.82. The molecule has 0 aliphatic carbocycles. The van der Waals surface area contributed by atoms with Gasteiger partial charge in [0, 0.05) is 25.7 Å². The predicted molar refractivity (Wildman–Crippen MR) is 62.4 cm³/mol. The first-order chi connectivity index (χ1) is 6.77. The van der Waals surface area contributed by atoms with E-state index in [9.17, 15) is 4.79 Å². The lowest BCUT2D eigenvalue weighted by Crippen LogP contribution is -2.48. The Balaban J connectivity index is 0.00000196. The van der Waals surface area contributed by atoms with Gasteiger partial charge in [0.05, 0.1) is 0 Å². The van der Waals surface area contributed by atoms with Gasteiger partial charge in [-0.1, -0.05) is 0 Å². The quantitative estimate of drug-likeness (QED) is 0.780. The molecule has 5 heteroatoms. The highest BCUT2D eigenvalue weighted by Gasteiger charge is 2.21. The van der Waals surface area contributed by atoms with Gasteiger partial charge in [-0.15, -0.1) is 12.4 Å².